The van der Waals surface area contributed by atoms with E-state index in [1.54, 1.807) is 19.2 Å². The molecule has 0 saturated heterocycles. The minimum absolute atomic E-state index is 0.565. The van der Waals surface area contributed by atoms with Crippen LogP contribution in [0.4, 0.5) is 0 Å². The molecule has 0 spiro atoms. The van der Waals surface area contributed by atoms with Gasteiger partial charge in [-0.05, 0) is 12.1 Å². The van der Waals surface area contributed by atoms with Gasteiger partial charge in [-0.3, -0.25) is 0 Å². The van der Waals surface area contributed by atoms with Gasteiger partial charge in [0.25, 0.3) is 0 Å². The van der Waals surface area contributed by atoms with Crippen LogP contribution in [0.3, 0.4) is 0 Å². The van der Waals surface area contributed by atoms with Crippen molar-refractivity contribution in [2.24, 2.45) is 0 Å². The maximum absolute atomic E-state index is 10.0. The fourth-order valence-electron chi connectivity index (χ4n) is 1.45. The van der Waals surface area contributed by atoms with Gasteiger partial charge in [-0.25, -0.2) is 0 Å². The summed E-state index contributed by atoms with van der Waals surface area (Å²) in [5.74, 6) is 1.19. The lowest BCUT2D eigenvalue weighted by Gasteiger charge is -2.13. The summed E-state index contributed by atoms with van der Waals surface area (Å²) in [6.45, 7) is 0. The molecular weight excluding hydrogens is 232 g/mol. The lowest BCUT2D eigenvalue weighted by Crippen LogP contribution is -2.36. The first-order valence-electron chi connectivity index (χ1n) is 5.23. The highest BCUT2D eigenvalue weighted by molar-refractivity contribution is 6.60. The van der Waals surface area contributed by atoms with Crippen LogP contribution in [0.1, 0.15) is 0 Å². The second-order valence-corrected chi connectivity index (χ2v) is 4.82. The Morgan fingerprint density at radius 3 is 2.12 bits per heavy atom. The van der Waals surface area contributed by atoms with Crippen molar-refractivity contribution in [3.05, 3.63) is 54.6 Å². The zero-order valence-corrected chi connectivity index (χ0v) is 10.5. The van der Waals surface area contributed by atoms with E-state index in [9.17, 15) is 4.80 Å². The van der Waals surface area contributed by atoms with Crippen molar-refractivity contribution in [1.82, 2.24) is 0 Å². The van der Waals surface area contributed by atoms with Crippen LogP contribution in [0.15, 0.2) is 54.6 Å². The molecule has 87 valence electrons. The monoisotopic (exact) mass is 245 g/mol. The van der Waals surface area contributed by atoms with Gasteiger partial charge in [-0.15, -0.1) is 0 Å². The Morgan fingerprint density at radius 1 is 0.882 bits per heavy atom. The molecular formula is C13H13O3Si. The van der Waals surface area contributed by atoms with Crippen LogP contribution < -0.4 is 14.3 Å². The lowest BCUT2D eigenvalue weighted by molar-refractivity contribution is 0.375. The van der Waals surface area contributed by atoms with E-state index in [2.05, 4.69) is 0 Å². The van der Waals surface area contributed by atoms with Gasteiger partial charge >= 0.3 is 9.28 Å². The summed E-state index contributed by atoms with van der Waals surface area (Å²) in [6, 6.07) is 16.6. The molecule has 4 heteroatoms. The summed E-state index contributed by atoms with van der Waals surface area (Å²) in [5, 5.41) is 0.809. The molecule has 3 nitrogen and oxygen atoms in total. The lowest BCUT2D eigenvalue weighted by atomic mass is 10.3. The number of benzene rings is 2. The van der Waals surface area contributed by atoms with Crippen molar-refractivity contribution in [3.63, 3.8) is 0 Å². The van der Waals surface area contributed by atoms with E-state index in [0.717, 1.165) is 5.19 Å². The van der Waals surface area contributed by atoms with Crippen molar-refractivity contribution >= 4 is 14.5 Å². The van der Waals surface area contributed by atoms with Crippen molar-refractivity contribution in [3.8, 4) is 11.5 Å². The second-order valence-electron chi connectivity index (χ2n) is 3.42. The van der Waals surface area contributed by atoms with Crippen molar-refractivity contribution in [1.29, 1.82) is 0 Å². The van der Waals surface area contributed by atoms with Crippen molar-refractivity contribution in [2.45, 2.75) is 0 Å². The summed E-state index contributed by atoms with van der Waals surface area (Å²) >= 11 is 0. The molecule has 0 aromatic heterocycles. The topological polar surface area (TPSA) is 38.7 Å². The minimum atomic E-state index is -2.03. The second kappa shape index (κ2) is 5.52. The van der Waals surface area contributed by atoms with Crippen LogP contribution >= 0.6 is 0 Å². The fourth-order valence-corrected chi connectivity index (χ4v) is 2.42. The van der Waals surface area contributed by atoms with Gasteiger partial charge in [0.15, 0.2) is 5.75 Å². The van der Waals surface area contributed by atoms with Crippen LogP contribution in [0.25, 0.3) is 0 Å². The van der Waals surface area contributed by atoms with Gasteiger partial charge in [0.2, 0.25) is 0 Å². The zero-order valence-electron chi connectivity index (χ0n) is 9.46. The summed E-state index contributed by atoms with van der Waals surface area (Å²) in [4.78, 5) is 10.0. The Morgan fingerprint density at radius 2 is 1.47 bits per heavy atom. The molecule has 0 fully saturated rings. The molecule has 0 aliphatic carbocycles. The Balaban J connectivity index is 2.16. The number of hydrogen-bond acceptors (Lipinski definition) is 3. The molecule has 0 saturated carbocycles. The van der Waals surface area contributed by atoms with E-state index in [1.807, 2.05) is 42.5 Å². The van der Waals surface area contributed by atoms with Crippen LogP contribution in [0.2, 0.25) is 0 Å². The number of para-hydroxylation sites is 2. The third-order valence-corrected chi connectivity index (χ3v) is 3.54. The normalized spacial score (nSPS) is 10.3. The quantitative estimate of drug-likeness (QED) is 0.829. The van der Waals surface area contributed by atoms with Gasteiger partial charge in [0, 0.05) is 5.19 Å². The number of hydrogen-bond donors (Lipinski definition) is 1. The van der Waals surface area contributed by atoms with E-state index >= 15 is 0 Å². The molecule has 0 aliphatic heterocycles. The maximum atomic E-state index is 10.0. The van der Waals surface area contributed by atoms with Gasteiger partial charge < -0.3 is 14.0 Å². The van der Waals surface area contributed by atoms with Gasteiger partial charge in [0.1, 0.15) is 5.75 Å². The zero-order chi connectivity index (χ0) is 12.1. The van der Waals surface area contributed by atoms with Crippen LogP contribution in [0.5, 0.6) is 11.5 Å². The Kier molecular flexibility index (Phi) is 3.80. The minimum Gasteiger partial charge on any atom is -0.513 e. The summed E-state index contributed by atoms with van der Waals surface area (Å²) < 4.78 is 10.7. The number of methoxy groups -OCH3 is 1. The first-order valence-corrected chi connectivity index (χ1v) is 6.59. The Hall–Kier alpha value is -1.78. The van der Waals surface area contributed by atoms with E-state index in [4.69, 9.17) is 9.16 Å². The van der Waals surface area contributed by atoms with E-state index < -0.39 is 9.28 Å². The van der Waals surface area contributed by atoms with Crippen molar-refractivity contribution < 1.29 is 14.0 Å². The largest absolute Gasteiger partial charge is 0.513 e. The number of ether oxygens (including phenoxy) is 1. The Bertz CT molecular complexity index is 473. The van der Waals surface area contributed by atoms with Gasteiger partial charge in [-0.2, -0.15) is 0 Å². The molecule has 1 N–H and O–H groups in total. The average molecular weight is 245 g/mol. The molecule has 2 aromatic rings. The highest BCUT2D eigenvalue weighted by Crippen LogP contribution is 2.25. The molecule has 2 rings (SSSR count). The van der Waals surface area contributed by atoms with Gasteiger partial charge in [-0.1, -0.05) is 42.5 Å². The smallest absolute Gasteiger partial charge is 0.494 e. The highest BCUT2D eigenvalue weighted by Gasteiger charge is 2.17. The standard InChI is InChI=1S/C13H13O3Si/c1-15-12-9-5-6-10-13(12)16-17(14)11-7-3-2-4-8-11/h2-10,14H,1H3. The first-order chi connectivity index (χ1) is 8.31. The first kappa shape index (κ1) is 11.7. The molecule has 0 bridgehead atoms. The molecule has 0 heterocycles. The van der Waals surface area contributed by atoms with Gasteiger partial charge in [0.05, 0.1) is 7.11 Å². The SMILES string of the molecule is COc1ccccc1O[Si](O)c1ccccc1. The van der Waals surface area contributed by atoms with Crippen LogP contribution in [0, 0.1) is 0 Å². The Labute approximate surface area is 102 Å². The molecule has 2 aromatic carbocycles. The molecule has 1 radical (unpaired) electrons. The average Bonchev–Trinajstić information content (AvgIpc) is 2.40. The van der Waals surface area contributed by atoms with Crippen molar-refractivity contribution in [2.75, 3.05) is 7.11 Å². The van der Waals surface area contributed by atoms with E-state index in [-0.39, 0.29) is 0 Å². The molecule has 0 unspecified atom stereocenters. The third kappa shape index (κ3) is 2.86. The predicted octanol–water partition coefficient (Wildman–Crippen LogP) is 1.46. The summed E-state index contributed by atoms with van der Waals surface area (Å²) in [5.41, 5.74) is 0. The molecule has 0 aliphatic rings. The molecule has 17 heavy (non-hydrogen) atoms. The van der Waals surface area contributed by atoms with Crippen LogP contribution in [-0.2, 0) is 0 Å². The van der Waals surface area contributed by atoms with Crippen LogP contribution in [-0.4, -0.2) is 21.2 Å². The molecule has 0 amide bonds. The molecule has 0 atom stereocenters. The summed E-state index contributed by atoms with van der Waals surface area (Å²) in [7, 11) is -0.454. The highest BCUT2D eigenvalue weighted by atomic mass is 28.3. The predicted molar refractivity (Wildman–Crippen MR) is 67.7 cm³/mol. The van der Waals surface area contributed by atoms with E-state index in [1.165, 1.54) is 0 Å². The van der Waals surface area contributed by atoms with E-state index in [0.29, 0.717) is 11.5 Å². The number of rotatable bonds is 4. The third-order valence-electron chi connectivity index (χ3n) is 2.30. The maximum Gasteiger partial charge on any atom is 0.494 e. The summed E-state index contributed by atoms with van der Waals surface area (Å²) in [6.07, 6.45) is 0. The fraction of sp³-hybridized carbons (Fsp3) is 0.0769.